The molecule has 3 heteroatoms. The minimum Gasteiger partial charge on any atom is -0.493 e. The number of hydrogen-bond acceptors (Lipinski definition) is 3. The van der Waals surface area contributed by atoms with Crippen LogP contribution in [0.3, 0.4) is 0 Å². The van der Waals surface area contributed by atoms with Crippen molar-refractivity contribution in [3.05, 3.63) is 90.0 Å². The lowest BCUT2D eigenvalue weighted by molar-refractivity contribution is 0.271. The molecule has 0 aliphatic heterocycles. The van der Waals surface area contributed by atoms with E-state index in [0.717, 1.165) is 30.3 Å². The molecule has 27 heavy (non-hydrogen) atoms. The van der Waals surface area contributed by atoms with E-state index in [0.29, 0.717) is 12.5 Å². The summed E-state index contributed by atoms with van der Waals surface area (Å²) in [7, 11) is 0. The Kier molecular flexibility index (Phi) is 6.75. The minimum atomic E-state index is 0.533. The number of nitrogens with one attached hydrogen (secondary N) is 1. The average Bonchev–Trinajstić information content (AvgIpc) is 2.71. The Morgan fingerprint density at radius 2 is 1.33 bits per heavy atom. The van der Waals surface area contributed by atoms with E-state index in [1.54, 1.807) is 0 Å². The van der Waals surface area contributed by atoms with Crippen LogP contribution < -0.4 is 14.8 Å². The third-order valence-electron chi connectivity index (χ3n) is 4.11. The number of hydrogen-bond donors (Lipinski definition) is 1. The van der Waals surface area contributed by atoms with Crippen LogP contribution in [0, 0.1) is 5.92 Å². The second-order valence-corrected chi connectivity index (χ2v) is 7.00. The highest BCUT2D eigenvalue weighted by molar-refractivity contribution is 5.47. The molecular formula is C24H27NO2. The first-order valence-corrected chi connectivity index (χ1v) is 9.41. The quantitative estimate of drug-likeness (QED) is 0.514. The van der Waals surface area contributed by atoms with E-state index in [9.17, 15) is 0 Å². The van der Waals surface area contributed by atoms with Crippen molar-refractivity contribution < 1.29 is 9.47 Å². The smallest absolute Gasteiger partial charge is 0.119 e. The zero-order chi connectivity index (χ0) is 18.9. The predicted octanol–water partition coefficient (Wildman–Crippen LogP) is 5.91. The molecule has 0 radical (unpaired) electrons. The minimum absolute atomic E-state index is 0.533. The molecule has 1 N–H and O–H groups in total. The number of benzene rings is 3. The number of anilines is 1. The Morgan fingerprint density at radius 1 is 0.704 bits per heavy atom. The summed E-state index contributed by atoms with van der Waals surface area (Å²) < 4.78 is 11.5. The third-order valence-corrected chi connectivity index (χ3v) is 4.11. The van der Waals surface area contributed by atoms with Gasteiger partial charge >= 0.3 is 0 Å². The van der Waals surface area contributed by atoms with E-state index in [4.69, 9.17) is 9.47 Å². The molecule has 0 fully saturated rings. The normalized spacial score (nSPS) is 10.6. The first kappa shape index (κ1) is 18.8. The van der Waals surface area contributed by atoms with E-state index >= 15 is 0 Å². The summed E-state index contributed by atoms with van der Waals surface area (Å²) in [6.45, 7) is 6.40. The first-order valence-electron chi connectivity index (χ1n) is 9.41. The van der Waals surface area contributed by atoms with Crippen molar-refractivity contribution in [2.45, 2.75) is 27.0 Å². The Morgan fingerprint density at radius 3 is 2.00 bits per heavy atom. The van der Waals surface area contributed by atoms with Crippen molar-refractivity contribution in [2.75, 3.05) is 11.9 Å². The summed E-state index contributed by atoms with van der Waals surface area (Å²) in [6, 6.07) is 26.5. The van der Waals surface area contributed by atoms with Gasteiger partial charge in [-0.15, -0.1) is 0 Å². The third kappa shape index (κ3) is 6.37. The van der Waals surface area contributed by atoms with E-state index in [1.807, 2.05) is 54.6 Å². The highest BCUT2D eigenvalue weighted by atomic mass is 16.5. The van der Waals surface area contributed by atoms with E-state index in [-0.39, 0.29) is 0 Å². The fourth-order valence-corrected chi connectivity index (χ4v) is 2.58. The van der Waals surface area contributed by atoms with E-state index < -0.39 is 0 Å². The van der Waals surface area contributed by atoms with Crippen LogP contribution in [-0.2, 0) is 13.2 Å². The second kappa shape index (κ2) is 9.67. The molecule has 0 aliphatic carbocycles. The molecule has 3 nitrogen and oxygen atoms in total. The Hall–Kier alpha value is -2.94. The lowest BCUT2D eigenvalue weighted by Gasteiger charge is -2.11. The van der Waals surface area contributed by atoms with Crippen molar-refractivity contribution in [1.82, 2.24) is 0 Å². The molecule has 0 heterocycles. The van der Waals surface area contributed by atoms with Crippen LogP contribution in [0.1, 0.15) is 25.0 Å². The highest BCUT2D eigenvalue weighted by Gasteiger charge is 2.00. The molecule has 140 valence electrons. The Balaban J connectivity index is 1.45. The summed E-state index contributed by atoms with van der Waals surface area (Å²) in [5.74, 6) is 2.33. The summed E-state index contributed by atoms with van der Waals surface area (Å²) in [5, 5.41) is 3.44. The van der Waals surface area contributed by atoms with Crippen molar-refractivity contribution >= 4 is 5.69 Å². The summed E-state index contributed by atoms with van der Waals surface area (Å²) in [6.07, 6.45) is 0. The molecule has 0 amide bonds. The fraction of sp³-hybridized carbons (Fsp3) is 0.250. The van der Waals surface area contributed by atoms with Crippen LogP contribution in [-0.4, -0.2) is 6.61 Å². The number of rotatable bonds is 9. The van der Waals surface area contributed by atoms with Gasteiger partial charge in [0, 0.05) is 12.2 Å². The van der Waals surface area contributed by atoms with Crippen LogP contribution in [0.5, 0.6) is 11.5 Å². The van der Waals surface area contributed by atoms with Gasteiger partial charge in [-0.25, -0.2) is 0 Å². The van der Waals surface area contributed by atoms with Gasteiger partial charge in [0.25, 0.3) is 0 Å². The summed E-state index contributed by atoms with van der Waals surface area (Å²) in [4.78, 5) is 0. The molecular weight excluding hydrogens is 334 g/mol. The zero-order valence-corrected chi connectivity index (χ0v) is 16.0. The van der Waals surface area contributed by atoms with Gasteiger partial charge in [-0.3, -0.25) is 0 Å². The van der Waals surface area contributed by atoms with Crippen LogP contribution in [0.25, 0.3) is 0 Å². The van der Waals surface area contributed by atoms with Gasteiger partial charge in [-0.05, 0) is 53.4 Å². The maximum Gasteiger partial charge on any atom is 0.119 e. The van der Waals surface area contributed by atoms with Gasteiger partial charge < -0.3 is 14.8 Å². The largest absolute Gasteiger partial charge is 0.493 e. The predicted molar refractivity (Wildman–Crippen MR) is 111 cm³/mol. The molecule has 0 saturated carbocycles. The molecule has 0 atom stereocenters. The van der Waals surface area contributed by atoms with Crippen LogP contribution in [0.2, 0.25) is 0 Å². The molecule has 0 saturated heterocycles. The van der Waals surface area contributed by atoms with Gasteiger partial charge in [-0.2, -0.15) is 0 Å². The maximum absolute atomic E-state index is 5.82. The lowest BCUT2D eigenvalue weighted by Crippen LogP contribution is -2.04. The van der Waals surface area contributed by atoms with Crippen molar-refractivity contribution in [3.63, 3.8) is 0 Å². The van der Waals surface area contributed by atoms with Gasteiger partial charge in [0.1, 0.15) is 18.1 Å². The second-order valence-electron chi connectivity index (χ2n) is 7.00. The highest BCUT2D eigenvalue weighted by Crippen LogP contribution is 2.19. The summed E-state index contributed by atoms with van der Waals surface area (Å²) in [5.41, 5.74) is 3.46. The monoisotopic (exact) mass is 361 g/mol. The molecule has 0 bridgehead atoms. The Labute approximate surface area is 162 Å². The van der Waals surface area contributed by atoms with Crippen molar-refractivity contribution in [2.24, 2.45) is 5.92 Å². The van der Waals surface area contributed by atoms with Crippen molar-refractivity contribution in [3.8, 4) is 11.5 Å². The molecule has 0 aromatic heterocycles. The van der Waals surface area contributed by atoms with Gasteiger partial charge in [0.05, 0.1) is 6.61 Å². The van der Waals surface area contributed by atoms with E-state index in [2.05, 4.69) is 43.4 Å². The average molecular weight is 361 g/mol. The molecule has 0 spiro atoms. The molecule has 3 aromatic carbocycles. The van der Waals surface area contributed by atoms with Crippen LogP contribution in [0.4, 0.5) is 5.69 Å². The van der Waals surface area contributed by atoms with E-state index in [1.165, 1.54) is 11.1 Å². The maximum atomic E-state index is 5.82. The standard InChI is InChI=1S/C24H27NO2/c1-19(2)17-26-23-12-8-20(9-13-23)16-25-22-10-14-24(15-11-22)27-18-21-6-4-3-5-7-21/h3-15,19,25H,16-18H2,1-2H3. The van der Waals surface area contributed by atoms with Crippen LogP contribution in [0.15, 0.2) is 78.9 Å². The van der Waals surface area contributed by atoms with Gasteiger partial charge in [-0.1, -0.05) is 56.3 Å². The lowest BCUT2D eigenvalue weighted by atomic mass is 10.2. The SMILES string of the molecule is CC(C)COc1ccc(CNc2ccc(OCc3ccccc3)cc2)cc1. The molecule has 3 rings (SSSR count). The van der Waals surface area contributed by atoms with Crippen molar-refractivity contribution in [1.29, 1.82) is 0 Å². The topological polar surface area (TPSA) is 30.5 Å². The zero-order valence-electron chi connectivity index (χ0n) is 16.0. The Bertz CT molecular complexity index is 796. The van der Waals surface area contributed by atoms with Gasteiger partial charge in [0.2, 0.25) is 0 Å². The van der Waals surface area contributed by atoms with Crippen LogP contribution >= 0.6 is 0 Å². The molecule has 0 unspecified atom stereocenters. The fourth-order valence-electron chi connectivity index (χ4n) is 2.58. The first-order chi connectivity index (χ1) is 13.2. The number of ether oxygens (including phenoxy) is 2. The van der Waals surface area contributed by atoms with Gasteiger partial charge in [0.15, 0.2) is 0 Å². The molecule has 0 aliphatic rings. The molecule has 3 aromatic rings. The summed E-state index contributed by atoms with van der Waals surface area (Å²) >= 11 is 0.